The van der Waals surface area contributed by atoms with Gasteiger partial charge in [-0.25, -0.2) is 0 Å². The van der Waals surface area contributed by atoms with Gasteiger partial charge in [-0.2, -0.15) is 0 Å². The van der Waals surface area contributed by atoms with Gasteiger partial charge in [-0.1, -0.05) is 19.4 Å². The molecule has 2 rings (SSSR count). The second-order valence-corrected chi connectivity index (χ2v) is 5.63. The van der Waals surface area contributed by atoms with Gasteiger partial charge < -0.3 is 15.4 Å². The lowest BCUT2D eigenvalue weighted by atomic mass is 10.1. The van der Waals surface area contributed by atoms with E-state index in [0.29, 0.717) is 11.6 Å². The van der Waals surface area contributed by atoms with Crippen molar-refractivity contribution in [2.45, 2.75) is 32.7 Å². The Morgan fingerprint density at radius 3 is 2.90 bits per heavy atom. The van der Waals surface area contributed by atoms with Gasteiger partial charge in [-0.3, -0.25) is 4.57 Å². The quantitative estimate of drug-likeness (QED) is 0.652. The van der Waals surface area contributed by atoms with E-state index >= 15 is 0 Å². The standard InChI is InChI=1S/C13H18N4O2S/c1-4-6-10(11-7-5-8-20-11)15-12-13(17(18)19)14-9(2)16(12)3/h5,7-8,10,15H,4,6H2,1-3H3. The molecule has 0 amide bonds. The molecule has 2 aromatic rings. The van der Waals surface area contributed by atoms with Crippen LogP contribution in [0.3, 0.4) is 0 Å². The number of imidazole rings is 1. The smallest absolute Gasteiger partial charge is 0.358 e. The third kappa shape index (κ3) is 2.82. The number of nitro groups is 1. The largest absolute Gasteiger partial charge is 0.406 e. The van der Waals surface area contributed by atoms with E-state index in [1.54, 1.807) is 29.9 Å². The van der Waals surface area contributed by atoms with Crippen molar-refractivity contribution >= 4 is 23.0 Å². The van der Waals surface area contributed by atoms with Crippen LogP contribution in [0.5, 0.6) is 0 Å². The van der Waals surface area contributed by atoms with E-state index in [1.807, 2.05) is 17.5 Å². The first-order valence-electron chi connectivity index (χ1n) is 6.52. The molecule has 2 aromatic heterocycles. The van der Waals surface area contributed by atoms with Crippen LogP contribution >= 0.6 is 11.3 Å². The summed E-state index contributed by atoms with van der Waals surface area (Å²) in [7, 11) is 1.79. The average molecular weight is 294 g/mol. The summed E-state index contributed by atoms with van der Waals surface area (Å²) in [5, 5.41) is 16.4. The van der Waals surface area contributed by atoms with E-state index in [4.69, 9.17) is 0 Å². The Hall–Kier alpha value is -1.89. The molecule has 0 spiro atoms. The number of aromatic nitrogens is 2. The summed E-state index contributed by atoms with van der Waals surface area (Å²) in [6.45, 7) is 3.86. The van der Waals surface area contributed by atoms with Crippen molar-refractivity contribution in [2.75, 3.05) is 5.32 Å². The number of nitrogens with one attached hydrogen (secondary N) is 1. The molecule has 0 bridgehead atoms. The number of hydrogen-bond acceptors (Lipinski definition) is 5. The molecule has 0 aliphatic rings. The maximum absolute atomic E-state index is 11.1. The van der Waals surface area contributed by atoms with E-state index < -0.39 is 4.92 Å². The molecular formula is C13H18N4O2S. The molecule has 0 saturated carbocycles. The molecule has 0 aliphatic carbocycles. The van der Waals surface area contributed by atoms with Gasteiger partial charge in [0.25, 0.3) is 0 Å². The maximum Gasteiger partial charge on any atom is 0.406 e. The van der Waals surface area contributed by atoms with Gasteiger partial charge in [0, 0.05) is 18.8 Å². The van der Waals surface area contributed by atoms with Crippen LogP contribution in [0.4, 0.5) is 11.6 Å². The summed E-state index contributed by atoms with van der Waals surface area (Å²) in [6, 6.07) is 4.12. The van der Waals surface area contributed by atoms with Gasteiger partial charge in [-0.05, 0) is 27.8 Å². The van der Waals surface area contributed by atoms with E-state index in [2.05, 4.69) is 17.2 Å². The second-order valence-electron chi connectivity index (χ2n) is 4.65. The number of hydrogen-bond donors (Lipinski definition) is 1. The van der Waals surface area contributed by atoms with E-state index in [9.17, 15) is 10.1 Å². The zero-order valence-corrected chi connectivity index (χ0v) is 12.6. The Morgan fingerprint density at radius 2 is 2.35 bits per heavy atom. The monoisotopic (exact) mass is 294 g/mol. The van der Waals surface area contributed by atoms with Crippen molar-refractivity contribution in [2.24, 2.45) is 7.05 Å². The van der Waals surface area contributed by atoms with Gasteiger partial charge in [0.15, 0.2) is 0 Å². The fourth-order valence-electron chi connectivity index (χ4n) is 2.11. The average Bonchev–Trinajstić information content (AvgIpc) is 3.01. The summed E-state index contributed by atoms with van der Waals surface area (Å²) in [6.07, 6.45) is 1.92. The molecule has 1 N–H and O–H groups in total. The van der Waals surface area contributed by atoms with Gasteiger partial charge in [0.05, 0.1) is 6.04 Å². The molecule has 2 heterocycles. The van der Waals surface area contributed by atoms with Crippen LogP contribution in [0.15, 0.2) is 17.5 Å². The van der Waals surface area contributed by atoms with Crippen molar-refractivity contribution in [3.05, 3.63) is 38.3 Å². The van der Waals surface area contributed by atoms with Crippen molar-refractivity contribution in [3.8, 4) is 0 Å². The molecular weight excluding hydrogens is 276 g/mol. The Morgan fingerprint density at radius 1 is 1.60 bits per heavy atom. The summed E-state index contributed by atoms with van der Waals surface area (Å²) >= 11 is 1.66. The molecule has 0 saturated heterocycles. The van der Waals surface area contributed by atoms with Gasteiger partial charge in [-0.15, -0.1) is 11.3 Å². The van der Waals surface area contributed by atoms with Crippen LogP contribution < -0.4 is 5.32 Å². The molecule has 0 aliphatic heterocycles. The first kappa shape index (κ1) is 14.5. The van der Waals surface area contributed by atoms with Crippen LogP contribution in [0.25, 0.3) is 0 Å². The lowest BCUT2D eigenvalue weighted by molar-refractivity contribution is -0.388. The number of aryl methyl sites for hydroxylation is 1. The van der Waals surface area contributed by atoms with Gasteiger partial charge >= 0.3 is 5.82 Å². The zero-order valence-electron chi connectivity index (χ0n) is 11.8. The van der Waals surface area contributed by atoms with Crippen LogP contribution in [-0.2, 0) is 7.05 Å². The minimum absolute atomic E-state index is 0.0773. The second kappa shape index (κ2) is 6.04. The highest BCUT2D eigenvalue weighted by molar-refractivity contribution is 7.10. The van der Waals surface area contributed by atoms with E-state index in [0.717, 1.165) is 12.8 Å². The molecule has 7 heteroatoms. The van der Waals surface area contributed by atoms with Gasteiger partial charge in [0.2, 0.25) is 11.6 Å². The maximum atomic E-state index is 11.1. The van der Waals surface area contributed by atoms with Crippen LogP contribution in [-0.4, -0.2) is 14.5 Å². The lowest BCUT2D eigenvalue weighted by Gasteiger charge is -2.17. The molecule has 0 fully saturated rings. The summed E-state index contributed by atoms with van der Waals surface area (Å²) in [4.78, 5) is 15.9. The molecule has 0 aromatic carbocycles. The third-order valence-corrected chi connectivity index (χ3v) is 4.23. The fraction of sp³-hybridized carbons (Fsp3) is 0.462. The summed E-state index contributed by atoms with van der Waals surface area (Å²) in [5.74, 6) is 0.989. The van der Waals surface area contributed by atoms with Crippen molar-refractivity contribution in [3.63, 3.8) is 0 Å². The van der Waals surface area contributed by atoms with Crippen molar-refractivity contribution < 1.29 is 4.92 Å². The highest BCUT2D eigenvalue weighted by atomic mass is 32.1. The Labute approximate surface area is 121 Å². The molecule has 1 unspecified atom stereocenters. The van der Waals surface area contributed by atoms with Crippen LogP contribution in [0, 0.1) is 17.0 Å². The SMILES string of the molecule is CCCC(Nc1c([N+](=O)[O-])nc(C)n1C)c1cccs1. The van der Waals surface area contributed by atoms with Crippen molar-refractivity contribution in [1.29, 1.82) is 0 Å². The number of thiophene rings is 1. The van der Waals surface area contributed by atoms with Crippen LogP contribution in [0.2, 0.25) is 0 Å². The Kier molecular flexibility index (Phi) is 4.39. The minimum Gasteiger partial charge on any atom is -0.358 e. The number of anilines is 1. The number of rotatable bonds is 6. The zero-order chi connectivity index (χ0) is 14.7. The molecule has 6 nitrogen and oxygen atoms in total. The topological polar surface area (TPSA) is 73.0 Å². The molecule has 0 radical (unpaired) electrons. The highest BCUT2D eigenvalue weighted by Gasteiger charge is 2.26. The minimum atomic E-state index is -0.438. The first-order valence-corrected chi connectivity index (χ1v) is 7.40. The molecule has 108 valence electrons. The lowest BCUT2D eigenvalue weighted by Crippen LogP contribution is -2.13. The van der Waals surface area contributed by atoms with Crippen molar-refractivity contribution in [1.82, 2.24) is 9.55 Å². The molecule has 1 atom stereocenters. The molecule has 20 heavy (non-hydrogen) atoms. The highest BCUT2D eigenvalue weighted by Crippen LogP contribution is 2.32. The third-order valence-electron chi connectivity index (χ3n) is 3.25. The first-order chi connectivity index (χ1) is 9.54. The van der Waals surface area contributed by atoms with E-state index in [-0.39, 0.29) is 11.9 Å². The Bertz CT molecular complexity index is 592. The summed E-state index contributed by atoms with van der Waals surface area (Å²) < 4.78 is 1.73. The normalized spacial score (nSPS) is 12.3. The Balaban J connectivity index is 2.33. The summed E-state index contributed by atoms with van der Waals surface area (Å²) in [5.41, 5.74) is 0. The predicted molar refractivity (Wildman–Crippen MR) is 80.2 cm³/mol. The van der Waals surface area contributed by atoms with Gasteiger partial charge in [0.1, 0.15) is 0 Å². The number of nitrogens with zero attached hydrogens (tertiary/aromatic N) is 3. The predicted octanol–water partition coefficient (Wildman–Crippen LogP) is 3.65. The van der Waals surface area contributed by atoms with E-state index in [1.165, 1.54) is 4.88 Å². The fourth-order valence-corrected chi connectivity index (χ4v) is 2.92. The van der Waals surface area contributed by atoms with Crippen LogP contribution in [0.1, 0.15) is 36.5 Å².